The van der Waals surface area contributed by atoms with E-state index in [9.17, 15) is 0 Å². The molecule has 0 aliphatic rings. The second-order valence-electron chi connectivity index (χ2n) is 33.7. The highest BCUT2D eigenvalue weighted by Gasteiger charge is 2.30. The minimum atomic E-state index is 0.903. The summed E-state index contributed by atoms with van der Waals surface area (Å²) < 4.78 is 42.3. The predicted octanol–water partition coefficient (Wildman–Crippen LogP) is 25.6. The number of hydrogen-bond acceptors (Lipinski definition) is 10. The molecule has 15 heteroatoms. The summed E-state index contributed by atoms with van der Waals surface area (Å²) in [5.41, 5.74) is 28.4. The molecule has 25 aromatic rings. The molecule has 10 heterocycles. The number of hydrogen-bond donors (Lipinski definition) is 0. The third-order valence-corrected chi connectivity index (χ3v) is 25.6. The first-order chi connectivity index (χ1) is 62.4. The summed E-state index contributed by atoms with van der Waals surface area (Å²) in [6, 6.07) is 82.8. The lowest BCUT2D eigenvalue weighted by Crippen LogP contribution is -2.31. The molecule has 0 aliphatic carbocycles. The second-order valence-corrected chi connectivity index (χ2v) is 33.7. The Labute approximate surface area is 737 Å². The molecule has 15 aromatic carbocycles. The maximum atomic E-state index is 6.42. The first kappa shape index (κ1) is 79.2. The SMILES string of the molecule is Cc1c[n+](C)c(-c2c(C)ccc3c2oc2ccc4ccccc4c23)cn1.Cc1cc(C)c2c(oc3ccc4ccccc4c32)c1-c1cncc[n+]1C.Cc1cc2c(oc3ccc4ccccc4c32)c(-c2cncc[n+]2C)c1C.Cc1ccc2c(oc3ccc4ccccc4c32)c1-c1cncc[n+]1C.Cc1ccc2c(oc3ccc4ccccc4c32)c1-c1nccc[n+]1C. The fraction of sp³-hybridized carbons (Fsp3) is 0.115. The molecule has 618 valence electrons. The van der Waals surface area contributed by atoms with Gasteiger partial charge in [0.1, 0.15) is 95.9 Å². The number of nitrogens with zero attached hydrogens (tertiary/aromatic N) is 10. The summed E-state index contributed by atoms with van der Waals surface area (Å²) in [6.45, 7) is 17.0. The number of fused-ring (bicyclic) bond motifs is 25. The van der Waals surface area contributed by atoms with Crippen LogP contribution >= 0.6 is 0 Å². The molecule has 0 aliphatic heterocycles. The largest absolute Gasteiger partial charge is 0.455 e. The van der Waals surface area contributed by atoms with Crippen molar-refractivity contribution in [3.05, 3.63) is 362 Å². The van der Waals surface area contributed by atoms with E-state index in [4.69, 9.17) is 22.1 Å². The average Bonchev–Trinajstić information content (AvgIpc) is 1.59. The quantitative estimate of drug-likeness (QED) is 0.152. The number of aryl methyl sites for hydroxylation is 12. The van der Waals surface area contributed by atoms with E-state index < -0.39 is 0 Å². The molecule has 0 fully saturated rings. The van der Waals surface area contributed by atoms with Crippen molar-refractivity contribution in [2.45, 2.75) is 55.4 Å². The molecule has 0 atom stereocenters. The molecule has 0 radical (unpaired) electrons. The summed E-state index contributed by atoms with van der Waals surface area (Å²) >= 11 is 0. The predicted molar refractivity (Wildman–Crippen MR) is 516 cm³/mol. The van der Waals surface area contributed by atoms with Crippen molar-refractivity contribution >= 4 is 164 Å². The van der Waals surface area contributed by atoms with E-state index in [0.717, 1.165) is 140 Å². The normalized spacial score (nSPS) is 11.6. The molecule has 0 N–H and O–H groups in total. The van der Waals surface area contributed by atoms with Crippen LogP contribution in [0.15, 0.2) is 339 Å². The van der Waals surface area contributed by atoms with E-state index in [2.05, 4.69) is 329 Å². The zero-order chi connectivity index (χ0) is 87.4. The van der Waals surface area contributed by atoms with Crippen molar-refractivity contribution in [2.75, 3.05) is 0 Å². The summed E-state index contributed by atoms with van der Waals surface area (Å²) in [6.07, 6.45) is 24.8. The fourth-order valence-electron chi connectivity index (χ4n) is 19.2. The Balaban J connectivity index is 0.0000000972. The average molecular weight is 1670 g/mol. The second kappa shape index (κ2) is 32.0. The highest BCUT2D eigenvalue weighted by Crippen LogP contribution is 2.47. The number of benzene rings is 15. The van der Waals surface area contributed by atoms with Crippen molar-refractivity contribution in [1.82, 2.24) is 24.9 Å². The molecule has 0 unspecified atom stereocenters. The van der Waals surface area contributed by atoms with Crippen molar-refractivity contribution < 1.29 is 44.9 Å². The molecule has 0 saturated heterocycles. The monoisotopic (exact) mass is 1670 g/mol. The minimum absolute atomic E-state index is 0.903. The van der Waals surface area contributed by atoms with E-state index in [1.807, 2.05) is 108 Å². The highest BCUT2D eigenvalue weighted by atomic mass is 16.3. The maximum absolute atomic E-state index is 6.42. The van der Waals surface area contributed by atoms with Gasteiger partial charge >= 0.3 is 5.82 Å². The van der Waals surface area contributed by atoms with Crippen LogP contribution in [0.25, 0.3) is 220 Å². The third kappa shape index (κ3) is 13.4. The van der Waals surface area contributed by atoms with Gasteiger partial charge in [-0.3, -0.25) is 15.0 Å². The molecule has 15 nitrogen and oxygen atoms in total. The summed E-state index contributed by atoms with van der Waals surface area (Å²) in [4.78, 5) is 22.1. The van der Waals surface area contributed by atoms with Gasteiger partial charge in [-0.15, -0.1) is 0 Å². The molecule has 0 amide bonds. The summed E-state index contributed by atoms with van der Waals surface area (Å²) in [7, 11) is 10.2. The van der Waals surface area contributed by atoms with Gasteiger partial charge in [-0.1, -0.05) is 194 Å². The Bertz CT molecular complexity index is 8650. The molecule has 10 aromatic heterocycles. The number of rotatable bonds is 5. The van der Waals surface area contributed by atoms with E-state index in [1.165, 1.54) is 125 Å². The van der Waals surface area contributed by atoms with E-state index in [1.54, 1.807) is 18.6 Å². The van der Waals surface area contributed by atoms with E-state index in [0.29, 0.717) is 0 Å². The van der Waals surface area contributed by atoms with Crippen LogP contribution in [0.5, 0.6) is 0 Å². The van der Waals surface area contributed by atoms with E-state index in [-0.39, 0.29) is 0 Å². The zero-order valence-electron chi connectivity index (χ0n) is 73.5. The topological polar surface area (TPSA) is 150 Å². The van der Waals surface area contributed by atoms with Gasteiger partial charge in [0.2, 0.25) is 22.8 Å². The van der Waals surface area contributed by atoms with Gasteiger partial charge in [0, 0.05) is 59.9 Å². The molecule has 25 rings (SSSR count). The molecule has 0 saturated carbocycles. The van der Waals surface area contributed by atoms with Crippen LogP contribution in [-0.2, 0) is 35.2 Å². The molecule has 128 heavy (non-hydrogen) atoms. The van der Waals surface area contributed by atoms with Gasteiger partial charge in [0.05, 0.1) is 78.9 Å². The van der Waals surface area contributed by atoms with Crippen LogP contribution in [0, 0.1) is 55.4 Å². The standard InChI is InChI=1S/3C23H19N2O.2C22H17N2O/c1-14-8-10-18-22-17-7-5-4-6-16(17)9-11-20(22)26-23(18)21(14)19-12-24-15(2)13-25(19)3;1-14-12-18-22-17-7-5-4-6-16(17)8-9-20(22)26-23(18)21(15(14)2)19-13-24-10-11-25(19)3;1-14-12-15(2)21-22-17-7-5-4-6-16(17)8-9-19(22)26-23(21)20(14)18-13-24-10-11-25(18)3;1-14-8-10-17-20-16-7-4-3-6-15(16)9-11-18(20)25-21(17)19(14)22-23-12-5-13-24(22)2;1-14-7-9-17-21-16-6-4-3-5-15(16)8-10-19(21)25-22(17)20(14)18-13-23-11-12-24(18)2/h3*4-13H,1-3H3;2*3-13H,1-2H3/q5*+1. The Kier molecular flexibility index (Phi) is 19.8. The maximum Gasteiger partial charge on any atom is 0.334 e. The minimum Gasteiger partial charge on any atom is -0.455 e. The first-order valence-corrected chi connectivity index (χ1v) is 43.1. The molecule has 0 spiro atoms. The lowest BCUT2D eigenvalue weighted by Gasteiger charge is -2.08. The lowest BCUT2D eigenvalue weighted by molar-refractivity contribution is -0.663. The van der Waals surface area contributed by atoms with Gasteiger partial charge in [-0.2, -0.15) is 18.3 Å². The van der Waals surface area contributed by atoms with Gasteiger partial charge in [-0.25, -0.2) is 9.55 Å². The smallest absolute Gasteiger partial charge is 0.334 e. The molecular formula is C113H91N10O5+5. The Morgan fingerprint density at radius 1 is 0.234 bits per heavy atom. The summed E-state index contributed by atoms with van der Waals surface area (Å²) in [5.74, 6) is 0.911. The van der Waals surface area contributed by atoms with Crippen molar-refractivity contribution in [3.63, 3.8) is 0 Å². The van der Waals surface area contributed by atoms with Crippen LogP contribution in [0.2, 0.25) is 0 Å². The van der Waals surface area contributed by atoms with Crippen LogP contribution < -0.4 is 22.8 Å². The molecule has 0 bridgehead atoms. The number of furan rings is 5. The van der Waals surface area contributed by atoms with Crippen LogP contribution in [0.4, 0.5) is 0 Å². The molecular weight excluding hydrogens is 1580 g/mol. The Morgan fingerprint density at radius 3 is 1.00 bits per heavy atom. The zero-order valence-corrected chi connectivity index (χ0v) is 73.5. The van der Waals surface area contributed by atoms with Gasteiger partial charge in [0.15, 0.2) is 30.4 Å². The van der Waals surface area contributed by atoms with Crippen molar-refractivity contribution in [2.24, 2.45) is 35.2 Å². The third-order valence-electron chi connectivity index (χ3n) is 25.6. The van der Waals surface area contributed by atoms with Crippen molar-refractivity contribution in [1.29, 1.82) is 0 Å². The highest BCUT2D eigenvalue weighted by molar-refractivity contribution is 6.26. The van der Waals surface area contributed by atoms with Crippen molar-refractivity contribution in [3.8, 4) is 56.4 Å². The summed E-state index contributed by atoms with van der Waals surface area (Å²) in [5, 5.41) is 24.0. The van der Waals surface area contributed by atoms with Gasteiger partial charge in [0.25, 0.3) is 0 Å². The Morgan fingerprint density at radius 2 is 0.586 bits per heavy atom. The fourth-order valence-corrected chi connectivity index (χ4v) is 19.2. The first-order valence-electron chi connectivity index (χ1n) is 43.1. The number of aromatic nitrogens is 10. The van der Waals surface area contributed by atoms with Gasteiger partial charge in [-0.05, 0) is 190 Å². The van der Waals surface area contributed by atoms with Crippen LogP contribution in [0.3, 0.4) is 0 Å². The van der Waals surface area contributed by atoms with Crippen LogP contribution in [-0.4, -0.2) is 24.9 Å². The lowest BCUT2D eigenvalue weighted by atomic mass is 9.95. The van der Waals surface area contributed by atoms with Crippen LogP contribution in [0.1, 0.15) is 44.6 Å². The van der Waals surface area contributed by atoms with E-state index >= 15 is 0 Å². The van der Waals surface area contributed by atoms with Gasteiger partial charge < -0.3 is 22.1 Å². The Hall–Kier alpha value is -16.0.